The lowest BCUT2D eigenvalue weighted by molar-refractivity contribution is 0.0859. The molecule has 0 radical (unpaired) electrons. The molecule has 0 amide bonds. The number of rotatable bonds is 11. The molecule has 0 N–H and O–H groups in total. The number of unbranched alkanes of at least 4 members (excludes halogenated alkanes) is 2. The summed E-state index contributed by atoms with van der Waals surface area (Å²) in [6, 6.07) is 2.21. The van der Waals surface area contributed by atoms with Gasteiger partial charge in [-0.1, -0.05) is 6.42 Å². The second kappa shape index (κ2) is 10.1. The van der Waals surface area contributed by atoms with Gasteiger partial charge >= 0.3 is 8.80 Å². The summed E-state index contributed by atoms with van der Waals surface area (Å²) in [5.74, 6) is -2.87. The van der Waals surface area contributed by atoms with Gasteiger partial charge in [0.15, 0.2) is 11.6 Å². The van der Waals surface area contributed by atoms with E-state index in [4.69, 9.17) is 13.3 Å². The molecule has 0 aliphatic heterocycles. The van der Waals surface area contributed by atoms with E-state index in [1.54, 1.807) is 7.11 Å². The maximum absolute atomic E-state index is 13.5. The van der Waals surface area contributed by atoms with Crippen molar-refractivity contribution in [2.45, 2.75) is 45.6 Å². The fraction of sp³-hybridized carbons (Fsp3) is 0.625. The van der Waals surface area contributed by atoms with Crippen molar-refractivity contribution >= 4 is 8.80 Å². The highest BCUT2D eigenvalue weighted by Gasteiger charge is 2.38. The van der Waals surface area contributed by atoms with Crippen LogP contribution in [0.15, 0.2) is 12.1 Å². The van der Waals surface area contributed by atoms with E-state index in [1.165, 1.54) is 0 Å². The highest BCUT2D eigenvalue weighted by molar-refractivity contribution is 6.60. The van der Waals surface area contributed by atoms with Crippen LogP contribution in [-0.4, -0.2) is 29.1 Å². The van der Waals surface area contributed by atoms with Crippen molar-refractivity contribution in [2.24, 2.45) is 0 Å². The molecule has 7 heteroatoms. The second-order valence-electron chi connectivity index (χ2n) is 5.17. The molecule has 3 nitrogen and oxygen atoms in total. The lowest BCUT2D eigenvalue weighted by atomic mass is 10.1. The minimum Gasteiger partial charge on any atom is -0.377 e. The summed E-state index contributed by atoms with van der Waals surface area (Å²) in [6.45, 7) is 4.84. The van der Waals surface area contributed by atoms with Gasteiger partial charge in [-0.3, -0.25) is 0 Å². The molecule has 0 spiro atoms. The van der Waals surface area contributed by atoms with Gasteiger partial charge in [0.25, 0.3) is 0 Å². The quantitative estimate of drug-likeness (QED) is 0.335. The number of benzene rings is 1. The van der Waals surface area contributed by atoms with Crippen molar-refractivity contribution in [3.63, 3.8) is 0 Å². The van der Waals surface area contributed by atoms with Gasteiger partial charge in [0.05, 0.1) is 0 Å². The zero-order valence-corrected chi connectivity index (χ0v) is 15.0. The molecule has 132 valence electrons. The van der Waals surface area contributed by atoms with Crippen LogP contribution in [0.3, 0.4) is 0 Å². The van der Waals surface area contributed by atoms with Gasteiger partial charge in [0.2, 0.25) is 0 Å². The zero-order valence-electron chi connectivity index (χ0n) is 14.0. The van der Waals surface area contributed by atoms with Crippen LogP contribution < -0.4 is 0 Å². The van der Waals surface area contributed by atoms with Gasteiger partial charge in [-0.2, -0.15) is 0 Å². The molecule has 0 bridgehead atoms. The van der Waals surface area contributed by atoms with Gasteiger partial charge < -0.3 is 13.3 Å². The predicted octanol–water partition coefficient (Wildman–Crippen LogP) is 4.48. The van der Waals surface area contributed by atoms with Crippen LogP contribution in [0.4, 0.5) is 13.2 Å². The van der Waals surface area contributed by atoms with Crippen LogP contribution in [0.1, 0.15) is 38.7 Å². The molecular weight excluding hydrogens is 325 g/mol. The van der Waals surface area contributed by atoms with Crippen molar-refractivity contribution in [1.29, 1.82) is 0 Å². The third-order valence-corrected chi connectivity index (χ3v) is 6.60. The van der Waals surface area contributed by atoms with Crippen LogP contribution >= 0.6 is 0 Å². The monoisotopic (exact) mass is 350 g/mol. The van der Waals surface area contributed by atoms with Crippen molar-refractivity contribution < 1.29 is 26.4 Å². The summed E-state index contributed by atoms with van der Waals surface area (Å²) in [5, 5.41) is 0. The number of aryl methyl sites for hydroxylation is 1. The van der Waals surface area contributed by atoms with E-state index < -0.39 is 26.3 Å². The number of hydrogen-bond donors (Lipinski definition) is 0. The van der Waals surface area contributed by atoms with Gasteiger partial charge in [-0.15, -0.1) is 0 Å². The predicted molar refractivity (Wildman–Crippen MR) is 84.7 cm³/mol. The van der Waals surface area contributed by atoms with Crippen molar-refractivity contribution in [1.82, 2.24) is 0 Å². The molecule has 1 aromatic carbocycles. The third-order valence-electron chi connectivity index (χ3n) is 3.56. The first kappa shape index (κ1) is 20.2. The molecule has 0 fully saturated rings. The highest BCUT2D eigenvalue weighted by atomic mass is 28.4. The Hall–Kier alpha value is -0.893. The normalized spacial score (nSPS) is 11.9. The molecule has 0 aromatic heterocycles. The fourth-order valence-corrected chi connectivity index (χ4v) is 4.81. The van der Waals surface area contributed by atoms with Gasteiger partial charge in [0.1, 0.15) is 5.82 Å². The SMILES string of the molecule is CCO[Si](CCCCCc1cc(F)c(F)cc1F)(OC)OCC. The molecule has 0 saturated heterocycles. The minimum atomic E-state index is -2.61. The molecule has 0 aliphatic rings. The summed E-state index contributed by atoms with van der Waals surface area (Å²) in [7, 11) is -1.02. The number of hydrogen-bond acceptors (Lipinski definition) is 3. The van der Waals surface area contributed by atoms with E-state index in [0.717, 1.165) is 18.9 Å². The molecule has 1 rings (SSSR count). The Morgan fingerprint density at radius 3 is 2.04 bits per heavy atom. The van der Waals surface area contributed by atoms with E-state index >= 15 is 0 Å². The van der Waals surface area contributed by atoms with Gasteiger partial charge in [-0.25, -0.2) is 13.2 Å². The van der Waals surface area contributed by atoms with E-state index in [-0.39, 0.29) is 5.56 Å². The summed E-state index contributed by atoms with van der Waals surface area (Å²) in [6.07, 6.45) is 2.66. The van der Waals surface area contributed by atoms with Gasteiger partial charge in [-0.05, 0) is 44.7 Å². The van der Waals surface area contributed by atoms with Crippen molar-refractivity contribution in [2.75, 3.05) is 20.3 Å². The first-order chi connectivity index (χ1) is 11.0. The Morgan fingerprint density at radius 2 is 1.48 bits per heavy atom. The average Bonchev–Trinajstić information content (AvgIpc) is 2.52. The maximum atomic E-state index is 13.5. The van der Waals surface area contributed by atoms with E-state index in [2.05, 4.69) is 0 Å². The average molecular weight is 350 g/mol. The van der Waals surface area contributed by atoms with Crippen molar-refractivity contribution in [3.05, 3.63) is 35.1 Å². The zero-order chi connectivity index (χ0) is 17.3. The first-order valence-electron chi connectivity index (χ1n) is 7.94. The standard InChI is InChI=1S/C16H25F3O3Si/c1-4-21-23(20-3,22-5-2)10-8-6-7-9-13-11-15(18)16(19)12-14(13)17/h11-12H,4-10H2,1-3H3. The maximum Gasteiger partial charge on any atom is 0.500 e. The van der Waals surface area contributed by atoms with Crippen LogP contribution in [-0.2, 0) is 19.7 Å². The highest BCUT2D eigenvalue weighted by Crippen LogP contribution is 2.21. The third kappa shape index (κ3) is 6.25. The fourth-order valence-electron chi connectivity index (χ4n) is 2.43. The molecule has 23 heavy (non-hydrogen) atoms. The van der Waals surface area contributed by atoms with E-state index in [1.807, 2.05) is 13.8 Å². The number of halogens is 3. The molecule has 1 aromatic rings. The summed E-state index contributed by atoms with van der Waals surface area (Å²) in [5.41, 5.74) is 0.203. The summed E-state index contributed by atoms with van der Waals surface area (Å²) in [4.78, 5) is 0. The summed E-state index contributed by atoms with van der Waals surface area (Å²) >= 11 is 0. The molecule has 0 unspecified atom stereocenters. The van der Waals surface area contributed by atoms with Crippen molar-refractivity contribution in [3.8, 4) is 0 Å². The summed E-state index contributed by atoms with van der Waals surface area (Å²) < 4.78 is 56.3. The Kier molecular flexibility index (Phi) is 8.83. The smallest absolute Gasteiger partial charge is 0.377 e. The molecule has 0 saturated carbocycles. The van der Waals surface area contributed by atoms with E-state index in [9.17, 15) is 13.2 Å². The minimum absolute atomic E-state index is 0.203. The lowest BCUT2D eigenvalue weighted by Crippen LogP contribution is -2.44. The Morgan fingerprint density at radius 1 is 0.870 bits per heavy atom. The largest absolute Gasteiger partial charge is 0.500 e. The second-order valence-corrected chi connectivity index (χ2v) is 8.02. The Labute approximate surface area is 137 Å². The topological polar surface area (TPSA) is 27.7 Å². The van der Waals surface area contributed by atoms with Crippen LogP contribution in [0.2, 0.25) is 6.04 Å². The van der Waals surface area contributed by atoms with Crippen LogP contribution in [0, 0.1) is 17.5 Å². The van der Waals surface area contributed by atoms with Gasteiger partial charge in [0, 0.05) is 32.4 Å². The van der Waals surface area contributed by atoms with Crippen LogP contribution in [0.25, 0.3) is 0 Å². The van der Waals surface area contributed by atoms with Crippen LogP contribution in [0.5, 0.6) is 0 Å². The molecule has 0 aliphatic carbocycles. The molecule has 0 heterocycles. The Bertz CT molecular complexity index is 480. The first-order valence-corrected chi connectivity index (χ1v) is 9.87. The van der Waals surface area contributed by atoms with E-state index in [0.29, 0.717) is 38.2 Å². The Balaban J connectivity index is 2.43. The molecule has 0 atom stereocenters. The molecular formula is C16H25F3O3Si. The lowest BCUT2D eigenvalue weighted by Gasteiger charge is -2.27.